The van der Waals surface area contributed by atoms with Crippen LogP contribution in [0.5, 0.6) is 0 Å². The van der Waals surface area contributed by atoms with Crippen molar-refractivity contribution in [2.75, 3.05) is 25.1 Å². The van der Waals surface area contributed by atoms with Gasteiger partial charge in [-0.3, -0.25) is 9.59 Å². The van der Waals surface area contributed by atoms with Gasteiger partial charge in [-0.2, -0.15) is 11.8 Å². The summed E-state index contributed by atoms with van der Waals surface area (Å²) in [4.78, 5) is 22.3. The molecular weight excluding hydrogens is 250 g/mol. The zero-order valence-corrected chi connectivity index (χ0v) is 12.4. The number of hydrogen-bond acceptors (Lipinski definition) is 4. The Morgan fingerprint density at radius 2 is 2.00 bits per heavy atom. The van der Waals surface area contributed by atoms with E-state index in [0.717, 1.165) is 31.6 Å². The Bertz CT molecular complexity index is 274. The standard InChI is InChI=1S/C12H25N3O2S/c1-4-15-12(2,11(13)17)7-5-6-8-18-9-10(16)14-3/h15H,4-9H2,1-3H3,(H2,13,17)(H,14,16). The van der Waals surface area contributed by atoms with Crippen LogP contribution in [-0.2, 0) is 9.59 Å². The molecule has 0 spiro atoms. The first-order valence-electron chi connectivity index (χ1n) is 6.29. The van der Waals surface area contributed by atoms with E-state index in [9.17, 15) is 9.59 Å². The lowest BCUT2D eigenvalue weighted by molar-refractivity contribution is -0.124. The van der Waals surface area contributed by atoms with E-state index in [2.05, 4.69) is 10.6 Å². The van der Waals surface area contributed by atoms with Gasteiger partial charge >= 0.3 is 0 Å². The third-order valence-corrected chi connectivity index (χ3v) is 3.88. The minimum atomic E-state index is -0.611. The lowest BCUT2D eigenvalue weighted by Gasteiger charge is -2.26. The van der Waals surface area contributed by atoms with Crippen molar-refractivity contribution >= 4 is 23.6 Å². The van der Waals surface area contributed by atoms with Crippen molar-refractivity contribution in [2.24, 2.45) is 5.73 Å². The SMILES string of the molecule is CCNC(C)(CCCCSCC(=O)NC)C(N)=O. The minimum absolute atomic E-state index is 0.0506. The van der Waals surface area contributed by atoms with Crippen molar-refractivity contribution in [1.29, 1.82) is 0 Å². The molecule has 0 heterocycles. The zero-order valence-electron chi connectivity index (χ0n) is 11.5. The second kappa shape index (κ2) is 9.22. The number of carbonyl (C=O) groups is 2. The number of unbranched alkanes of at least 4 members (excludes halogenated alkanes) is 1. The first kappa shape index (κ1) is 17.2. The van der Waals surface area contributed by atoms with Crippen LogP contribution in [0.4, 0.5) is 0 Å². The van der Waals surface area contributed by atoms with E-state index in [4.69, 9.17) is 5.73 Å². The average Bonchev–Trinajstić information content (AvgIpc) is 2.33. The van der Waals surface area contributed by atoms with Gasteiger partial charge in [-0.25, -0.2) is 0 Å². The molecular formula is C12H25N3O2S. The van der Waals surface area contributed by atoms with Gasteiger partial charge in [0.05, 0.1) is 11.3 Å². The maximum absolute atomic E-state index is 11.4. The largest absolute Gasteiger partial charge is 0.368 e. The summed E-state index contributed by atoms with van der Waals surface area (Å²) in [6.07, 6.45) is 2.64. The fourth-order valence-electron chi connectivity index (χ4n) is 1.61. The van der Waals surface area contributed by atoms with Crippen LogP contribution < -0.4 is 16.4 Å². The maximum atomic E-state index is 11.4. The van der Waals surface area contributed by atoms with Crippen molar-refractivity contribution in [3.05, 3.63) is 0 Å². The van der Waals surface area contributed by atoms with E-state index >= 15 is 0 Å². The number of carbonyl (C=O) groups excluding carboxylic acids is 2. The van der Waals surface area contributed by atoms with E-state index in [0.29, 0.717) is 5.75 Å². The van der Waals surface area contributed by atoms with Gasteiger partial charge in [0.15, 0.2) is 0 Å². The lowest BCUT2D eigenvalue weighted by Crippen LogP contribution is -2.52. The third kappa shape index (κ3) is 6.86. The molecule has 6 heteroatoms. The fourth-order valence-corrected chi connectivity index (χ4v) is 2.49. The number of rotatable bonds is 10. The highest BCUT2D eigenvalue weighted by Gasteiger charge is 2.28. The van der Waals surface area contributed by atoms with Gasteiger partial charge in [-0.05, 0) is 32.1 Å². The Hall–Kier alpha value is -0.750. The van der Waals surface area contributed by atoms with Gasteiger partial charge in [0.1, 0.15) is 0 Å². The summed E-state index contributed by atoms with van der Waals surface area (Å²) in [7, 11) is 1.64. The molecule has 106 valence electrons. The molecule has 1 unspecified atom stereocenters. The molecule has 1 atom stereocenters. The molecule has 0 saturated heterocycles. The number of thioether (sulfide) groups is 1. The van der Waals surface area contributed by atoms with Crippen molar-refractivity contribution in [2.45, 2.75) is 38.6 Å². The Morgan fingerprint density at radius 3 is 2.50 bits per heavy atom. The molecule has 0 aliphatic rings. The minimum Gasteiger partial charge on any atom is -0.368 e. The Labute approximate surface area is 114 Å². The number of likely N-dealkylation sites (N-methyl/N-ethyl adjacent to an activating group) is 1. The quantitative estimate of drug-likeness (QED) is 0.507. The van der Waals surface area contributed by atoms with Crippen molar-refractivity contribution in [3.8, 4) is 0 Å². The molecule has 0 aromatic rings. The normalized spacial score (nSPS) is 13.9. The van der Waals surface area contributed by atoms with E-state index in [1.165, 1.54) is 0 Å². The Kier molecular flexibility index (Phi) is 8.83. The summed E-state index contributed by atoms with van der Waals surface area (Å²) in [6.45, 7) is 4.53. The lowest BCUT2D eigenvalue weighted by atomic mass is 9.94. The zero-order chi connectivity index (χ0) is 14.0. The van der Waals surface area contributed by atoms with E-state index in [1.807, 2.05) is 13.8 Å². The molecule has 0 aromatic carbocycles. The molecule has 0 aromatic heterocycles. The summed E-state index contributed by atoms with van der Waals surface area (Å²) < 4.78 is 0. The molecule has 0 rings (SSSR count). The van der Waals surface area contributed by atoms with Gasteiger partial charge in [0, 0.05) is 7.05 Å². The maximum Gasteiger partial charge on any atom is 0.237 e. The highest BCUT2D eigenvalue weighted by atomic mass is 32.2. The van der Waals surface area contributed by atoms with Gasteiger partial charge in [0.2, 0.25) is 11.8 Å². The third-order valence-electron chi connectivity index (χ3n) is 2.84. The average molecular weight is 275 g/mol. The van der Waals surface area contributed by atoms with Crippen LogP contribution >= 0.6 is 11.8 Å². The van der Waals surface area contributed by atoms with Gasteiger partial charge in [-0.1, -0.05) is 13.3 Å². The van der Waals surface area contributed by atoms with Crippen molar-refractivity contribution < 1.29 is 9.59 Å². The molecule has 0 saturated carbocycles. The monoisotopic (exact) mass is 275 g/mol. The van der Waals surface area contributed by atoms with Crippen LogP contribution in [-0.4, -0.2) is 42.5 Å². The molecule has 18 heavy (non-hydrogen) atoms. The molecule has 0 aliphatic heterocycles. The number of primary amides is 1. The fraction of sp³-hybridized carbons (Fsp3) is 0.833. The first-order valence-corrected chi connectivity index (χ1v) is 7.45. The highest BCUT2D eigenvalue weighted by molar-refractivity contribution is 7.99. The molecule has 0 aliphatic carbocycles. The molecule has 0 radical (unpaired) electrons. The Morgan fingerprint density at radius 1 is 1.33 bits per heavy atom. The van der Waals surface area contributed by atoms with Crippen LogP contribution in [0, 0.1) is 0 Å². The van der Waals surface area contributed by atoms with Crippen LogP contribution in [0.15, 0.2) is 0 Å². The number of amides is 2. The number of nitrogens with one attached hydrogen (secondary N) is 2. The van der Waals surface area contributed by atoms with Crippen molar-refractivity contribution in [3.63, 3.8) is 0 Å². The summed E-state index contributed by atoms with van der Waals surface area (Å²) >= 11 is 1.61. The van der Waals surface area contributed by atoms with Gasteiger partial charge < -0.3 is 16.4 Å². The van der Waals surface area contributed by atoms with E-state index in [1.54, 1.807) is 18.8 Å². The highest BCUT2D eigenvalue weighted by Crippen LogP contribution is 2.15. The summed E-state index contributed by atoms with van der Waals surface area (Å²) in [5, 5.41) is 5.71. The molecule has 0 fully saturated rings. The van der Waals surface area contributed by atoms with Crippen LogP contribution in [0.1, 0.15) is 33.1 Å². The number of nitrogens with two attached hydrogens (primary N) is 1. The van der Waals surface area contributed by atoms with Crippen LogP contribution in [0.3, 0.4) is 0 Å². The predicted molar refractivity (Wildman–Crippen MR) is 76.5 cm³/mol. The van der Waals surface area contributed by atoms with E-state index < -0.39 is 5.54 Å². The van der Waals surface area contributed by atoms with Gasteiger partial charge in [0.25, 0.3) is 0 Å². The second-order valence-electron chi connectivity index (χ2n) is 4.41. The van der Waals surface area contributed by atoms with Crippen LogP contribution in [0.2, 0.25) is 0 Å². The van der Waals surface area contributed by atoms with E-state index in [-0.39, 0.29) is 11.8 Å². The summed E-state index contributed by atoms with van der Waals surface area (Å²) in [6, 6.07) is 0. The molecule has 0 bridgehead atoms. The Balaban J connectivity index is 3.74. The molecule has 2 amide bonds. The molecule has 4 N–H and O–H groups in total. The second-order valence-corrected chi connectivity index (χ2v) is 5.51. The van der Waals surface area contributed by atoms with Crippen molar-refractivity contribution in [1.82, 2.24) is 10.6 Å². The summed E-state index contributed by atoms with van der Waals surface area (Å²) in [5.41, 5.74) is 4.79. The predicted octanol–water partition coefficient (Wildman–Crippen LogP) is 0.489. The van der Waals surface area contributed by atoms with Gasteiger partial charge in [-0.15, -0.1) is 0 Å². The summed E-state index contributed by atoms with van der Waals surface area (Å²) in [5.74, 6) is 1.17. The number of hydrogen-bond donors (Lipinski definition) is 3. The first-order chi connectivity index (χ1) is 8.46. The molecule has 5 nitrogen and oxygen atoms in total. The topological polar surface area (TPSA) is 84.2 Å². The smallest absolute Gasteiger partial charge is 0.237 e. The van der Waals surface area contributed by atoms with Crippen LogP contribution in [0.25, 0.3) is 0 Å².